The molecule has 2 aromatic rings. The molecule has 0 aliphatic carbocycles. The van der Waals surface area contributed by atoms with Crippen LogP contribution in [0.2, 0.25) is 5.02 Å². The van der Waals surface area contributed by atoms with E-state index < -0.39 is 18.8 Å². The Kier molecular flexibility index (Phi) is 4.33. The minimum atomic E-state index is -4.51. The van der Waals surface area contributed by atoms with Crippen molar-refractivity contribution in [1.29, 1.82) is 0 Å². The molecule has 1 atom stereocenters. The van der Waals surface area contributed by atoms with Gasteiger partial charge in [0.15, 0.2) is 0 Å². The van der Waals surface area contributed by atoms with Gasteiger partial charge >= 0.3 is 6.18 Å². The molecule has 0 fully saturated rings. The van der Waals surface area contributed by atoms with Crippen molar-refractivity contribution in [2.24, 2.45) is 0 Å². The van der Waals surface area contributed by atoms with E-state index in [-0.39, 0.29) is 5.56 Å². The zero-order valence-corrected chi connectivity index (χ0v) is 11.0. The minimum absolute atomic E-state index is 0.0278. The van der Waals surface area contributed by atoms with Crippen LogP contribution in [-0.4, -0.2) is 6.18 Å². The number of hydrogen-bond donors (Lipinski definition) is 0. The smallest absolute Gasteiger partial charge is 0.242 e. The zero-order chi connectivity index (χ0) is 14.8. The third-order valence-corrected chi connectivity index (χ3v) is 3.11. The SMILES string of the molecule is FC(CC(F)(F)F)c1ccc(-c2ccc(Cl)cc2)cc1. The Balaban J connectivity index is 2.16. The highest BCUT2D eigenvalue weighted by Gasteiger charge is 2.32. The average Bonchev–Trinajstić information content (AvgIpc) is 2.38. The fourth-order valence-corrected chi connectivity index (χ4v) is 1.97. The molecule has 0 saturated carbocycles. The van der Waals surface area contributed by atoms with Crippen LogP contribution in [0.25, 0.3) is 11.1 Å². The van der Waals surface area contributed by atoms with E-state index in [1.165, 1.54) is 12.1 Å². The van der Waals surface area contributed by atoms with Crippen LogP contribution in [0.15, 0.2) is 48.5 Å². The predicted molar refractivity (Wildman–Crippen MR) is 71.4 cm³/mol. The molecular weight excluding hydrogens is 292 g/mol. The van der Waals surface area contributed by atoms with Crippen LogP contribution in [0.5, 0.6) is 0 Å². The molecule has 0 spiro atoms. The summed E-state index contributed by atoms with van der Waals surface area (Å²) < 4.78 is 49.8. The van der Waals surface area contributed by atoms with Gasteiger partial charge in [0.25, 0.3) is 0 Å². The van der Waals surface area contributed by atoms with Gasteiger partial charge in [-0.3, -0.25) is 0 Å². The van der Waals surface area contributed by atoms with E-state index in [0.717, 1.165) is 11.1 Å². The van der Waals surface area contributed by atoms with Gasteiger partial charge in [-0.25, -0.2) is 4.39 Å². The van der Waals surface area contributed by atoms with Crippen molar-refractivity contribution in [3.63, 3.8) is 0 Å². The first-order chi connectivity index (χ1) is 9.35. The summed E-state index contributed by atoms with van der Waals surface area (Å²) in [6.45, 7) is 0. The molecule has 0 nitrogen and oxygen atoms in total. The second-order valence-corrected chi connectivity index (χ2v) is 4.85. The molecule has 1 unspecified atom stereocenters. The number of benzene rings is 2. The van der Waals surface area contributed by atoms with Crippen molar-refractivity contribution < 1.29 is 17.6 Å². The number of alkyl halides is 4. The maximum atomic E-state index is 13.5. The topological polar surface area (TPSA) is 0 Å². The van der Waals surface area contributed by atoms with Gasteiger partial charge in [0.2, 0.25) is 0 Å². The second-order valence-electron chi connectivity index (χ2n) is 4.42. The first kappa shape index (κ1) is 14.9. The molecule has 0 aliphatic rings. The van der Waals surface area contributed by atoms with Crippen molar-refractivity contribution in [2.75, 3.05) is 0 Å². The van der Waals surface area contributed by atoms with Crippen molar-refractivity contribution in [3.8, 4) is 11.1 Å². The van der Waals surface area contributed by atoms with Crippen molar-refractivity contribution in [1.82, 2.24) is 0 Å². The van der Waals surface area contributed by atoms with Gasteiger partial charge in [-0.15, -0.1) is 0 Å². The van der Waals surface area contributed by atoms with Gasteiger partial charge in [-0.2, -0.15) is 13.2 Å². The average molecular weight is 303 g/mol. The Morgan fingerprint density at radius 2 is 1.30 bits per heavy atom. The molecule has 2 rings (SSSR count). The molecule has 0 bridgehead atoms. The Hall–Kier alpha value is -1.55. The highest BCUT2D eigenvalue weighted by Crippen LogP contribution is 2.33. The van der Waals surface area contributed by atoms with Gasteiger partial charge in [-0.1, -0.05) is 48.0 Å². The van der Waals surface area contributed by atoms with Crippen LogP contribution < -0.4 is 0 Å². The Morgan fingerprint density at radius 1 is 0.850 bits per heavy atom. The summed E-state index contributed by atoms with van der Waals surface area (Å²) in [5, 5.41) is 0.597. The lowest BCUT2D eigenvalue weighted by atomic mass is 10.0. The highest BCUT2D eigenvalue weighted by molar-refractivity contribution is 6.30. The zero-order valence-electron chi connectivity index (χ0n) is 10.3. The van der Waals surface area contributed by atoms with Crippen molar-refractivity contribution in [3.05, 3.63) is 59.1 Å². The van der Waals surface area contributed by atoms with Gasteiger partial charge in [0.1, 0.15) is 6.17 Å². The molecule has 0 saturated heterocycles. The van der Waals surface area contributed by atoms with E-state index in [9.17, 15) is 17.6 Å². The summed E-state index contributed by atoms with van der Waals surface area (Å²) in [6.07, 6.45) is -8.00. The van der Waals surface area contributed by atoms with Crippen LogP contribution in [0.1, 0.15) is 18.2 Å². The fourth-order valence-electron chi connectivity index (χ4n) is 1.85. The van der Waals surface area contributed by atoms with E-state index in [4.69, 9.17) is 11.6 Å². The van der Waals surface area contributed by atoms with Crippen LogP contribution >= 0.6 is 11.6 Å². The Labute approximate surface area is 119 Å². The van der Waals surface area contributed by atoms with E-state index in [1.807, 2.05) is 0 Å². The largest absolute Gasteiger partial charge is 0.392 e. The number of hydrogen-bond acceptors (Lipinski definition) is 0. The van der Waals surface area contributed by atoms with Crippen LogP contribution in [0.3, 0.4) is 0 Å². The summed E-state index contributed by atoms with van der Waals surface area (Å²) in [4.78, 5) is 0. The van der Waals surface area contributed by atoms with Crippen LogP contribution in [0, 0.1) is 0 Å². The summed E-state index contributed by atoms with van der Waals surface area (Å²) in [5.74, 6) is 0. The maximum absolute atomic E-state index is 13.5. The molecule has 0 aromatic heterocycles. The molecule has 0 amide bonds. The quantitative estimate of drug-likeness (QED) is 0.613. The lowest BCUT2D eigenvalue weighted by Crippen LogP contribution is -2.11. The molecule has 0 N–H and O–H groups in total. The summed E-state index contributed by atoms with van der Waals surface area (Å²) in [6, 6.07) is 13.0. The third-order valence-electron chi connectivity index (χ3n) is 2.86. The summed E-state index contributed by atoms with van der Waals surface area (Å²) in [5.41, 5.74) is 1.69. The molecule has 0 radical (unpaired) electrons. The van der Waals surface area contributed by atoms with Crippen LogP contribution in [0.4, 0.5) is 17.6 Å². The fraction of sp³-hybridized carbons (Fsp3) is 0.200. The highest BCUT2D eigenvalue weighted by atomic mass is 35.5. The van der Waals surface area contributed by atoms with Gasteiger partial charge < -0.3 is 0 Å². The van der Waals surface area contributed by atoms with E-state index >= 15 is 0 Å². The van der Waals surface area contributed by atoms with E-state index in [0.29, 0.717) is 5.02 Å². The first-order valence-corrected chi connectivity index (χ1v) is 6.30. The van der Waals surface area contributed by atoms with Gasteiger partial charge in [0, 0.05) is 5.02 Å². The van der Waals surface area contributed by atoms with Crippen molar-refractivity contribution >= 4 is 11.6 Å². The molecule has 20 heavy (non-hydrogen) atoms. The Morgan fingerprint density at radius 3 is 1.75 bits per heavy atom. The molecule has 5 heteroatoms. The van der Waals surface area contributed by atoms with E-state index in [1.54, 1.807) is 36.4 Å². The molecule has 0 aliphatic heterocycles. The standard InChI is InChI=1S/C15H11ClF4/c16-13-7-5-11(6-8-13)10-1-3-12(4-2-10)14(17)9-15(18,19)20/h1-8,14H,9H2. The predicted octanol–water partition coefficient (Wildman–Crippen LogP) is 5.97. The summed E-state index contributed by atoms with van der Waals surface area (Å²) in [7, 11) is 0. The second kappa shape index (κ2) is 5.83. The van der Waals surface area contributed by atoms with Crippen LogP contribution in [-0.2, 0) is 0 Å². The minimum Gasteiger partial charge on any atom is -0.242 e. The van der Waals surface area contributed by atoms with Gasteiger partial charge in [-0.05, 0) is 28.8 Å². The summed E-state index contributed by atoms with van der Waals surface area (Å²) >= 11 is 5.77. The first-order valence-electron chi connectivity index (χ1n) is 5.92. The van der Waals surface area contributed by atoms with Gasteiger partial charge in [0.05, 0.1) is 6.42 Å². The Bertz CT molecular complexity index is 558. The lowest BCUT2D eigenvalue weighted by Gasteiger charge is -2.12. The molecular formula is C15H11ClF4. The lowest BCUT2D eigenvalue weighted by molar-refractivity contribution is -0.146. The molecule has 0 heterocycles. The molecule has 2 aromatic carbocycles. The number of halogens is 5. The maximum Gasteiger partial charge on any atom is 0.392 e. The normalized spacial score (nSPS) is 13.2. The third kappa shape index (κ3) is 3.97. The number of rotatable bonds is 3. The molecule has 106 valence electrons. The van der Waals surface area contributed by atoms with E-state index in [2.05, 4.69) is 0 Å². The van der Waals surface area contributed by atoms with Crippen molar-refractivity contribution in [2.45, 2.75) is 18.8 Å². The monoisotopic (exact) mass is 302 g/mol.